The van der Waals surface area contributed by atoms with Crippen LogP contribution < -0.4 is 0 Å². The van der Waals surface area contributed by atoms with Crippen molar-refractivity contribution in [1.29, 1.82) is 0 Å². The smallest absolute Gasteiger partial charge is 0.265 e. The van der Waals surface area contributed by atoms with Gasteiger partial charge in [0.2, 0.25) is 0 Å². The van der Waals surface area contributed by atoms with E-state index in [0.29, 0.717) is 29.5 Å². The number of aliphatic imine (C=N–C) groups is 1. The van der Waals surface area contributed by atoms with E-state index in [4.69, 9.17) is 11.6 Å². The Balaban J connectivity index is 1.96. The lowest BCUT2D eigenvalue weighted by Crippen LogP contribution is -2.35. The van der Waals surface area contributed by atoms with Gasteiger partial charge in [-0.15, -0.1) is 0 Å². The van der Waals surface area contributed by atoms with Crippen molar-refractivity contribution in [2.45, 2.75) is 31.1 Å². The van der Waals surface area contributed by atoms with Crippen molar-refractivity contribution in [1.82, 2.24) is 4.31 Å². The van der Waals surface area contributed by atoms with Crippen LogP contribution in [0.5, 0.6) is 0 Å². The van der Waals surface area contributed by atoms with Crippen LogP contribution in [0.15, 0.2) is 58.4 Å². The summed E-state index contributed by atoms with van der Waals surface area (Å²) in [5, 5.41) is 0.555. The number of nitrogens with zero attached hydrogens (tertiary/aromatic N) is 2. The first-order valence-electron chi connectivity index (χ1n) is 8.13. The molecule has 0 bridgehead atoms. The van der Waals surface area contributed by atoms with Crippen LogP contribution in [0.3, 0.4) is 0 Å². The second kappa shape index (κ2) is 6.46. The van der Waals surface area contributed by atoms with Gasteiger partial charge in [-0.1, -0.05) is 56.6 Å². The third-order valence-electron chi connectivity index (χ3n) is 4.19. The molecule has 0 saturated heterocycles. The number of rotatable bonds is 3. The van der Waals surface area contributed by atoms with Crippen LogP contribution >= 0.6 is 11.6 Å². The maximum Gasteiger partial charge on any atom is 0.265 e. The first-order valence-corrected chi connectivity index (χ1v) is 9.95. The van der Waals surface area contributed by atoms with E-state index in [-0.39, 0.29) is 10.3 Å². The Morgan fingerprint density at radius 3 is 2.36 bits per heavy atom. The second-order valence-corrected chi connectivity index (χ2v) is 9.37. The molecule has 0 atom stereocenters. The molecule has 0 aromatic heterocycles. The zero-order chi connectivity index (χ0) is 18.2. The van der Waals surface area contributed by atoms with E-state index in [9.17, 15) is 8.42 Å². The molecule has 1 heterocycles. The highest BCUT2D eigenvalue weighted by Gasteiger charge is 2.31. The molecule has 0 saturated carbocycles. The van der Waals surface area contributed by atoms with E-state index in [0.717, 1.165) is 5.56 Å². The molecule has 132 valence electrons. The lowest BCUT2D eigenvalue weighted by molar-refractivity contribution is 0.537. The highest BCUT2D eigenvalue weighted by molar-refractivity contribution is 7.89. The van der Waals surface area contributed by atoms with Crippen LogP contribution in [0.4, 0.5) is 0 Å². The highest BCUT2D eigenvalue weighted by Crippen LogP contribution is 2.27. The molecule has 0 unspecified atom stereocenters. The van der Waals surface area contributed by atoms with Gasteiger partial charge in [-0.2, -0.15) is 0 Å². The number of hydrogen-bond donors (Lipinski definition) is 0. The first-order chi connectivity index (χ1) is 11.7. The van der Waals surface area contributed by atoms with Crippen LogP contribution in [-0.4, -0.2) is 31.6 Å². The standard InChI is InChI=1S/C19H21ClN2O2S/c1-19(2,3)15-7-9-17(10-8-15)25(23,24)22-12-11-21-18(22)14-5-4-6-16(20)13-14/h4-10,13H,11-12H2,1-3H3. The van der Waals surface area contributed by atoms with Crippen LogP contribution in [0.2, 0.25) is 5.02 Å². The number of sulfonamides is 1. The number of hydrogen-bond acceptors (Lipinski definition) is 3. The van der Waals surface area contributed by atoms with Crippen molar-refractivity contribution in [2.24, 2.45) is 4.99 Å². The summed E-state index contributed by atoms with van der Waals surface area (Å²) in [5.41, 5.74) is 1.78. The molecule has 1 aliphatic heterocycles. The van der Waals surface area contributed by atoms with Gasteiger partial charge < -0.3 is 0 Å². The van der Waals surface area contributed by atoms with Crippen molar-refractivity contribution in [3.8, 4) is 0 Å². The van der Waals surface area contributed by atoms with E-state index in [1.54, 1.807) is 30.3 Å². The second-order valence-electron chi connectivity index (χ2n) is 7.07. The third-order valence-corrected chi connectivity index (χ3v) is 6.23. The molecule has 3 rings (SSSR count). The van der Waals surface area contributed by atoms with Crippen molar-refractivity contribution >= 4 is 27.5 Å². The molecule has 6 heteroatoms. The molecule has 0 radical (unpaired) electrons. The SMILES string of the molecule is CC(C)(C)c1ccc(S(=O)(=O)N2CCN=C2c2cccc(Cl)c2)cc1. The lowest BCUT2D eigenvalue weighted by atomic mass is 9.87. The van der Waals surface area contributed by atoms with E-state index in [2.05, 4.69) is 25.8 Å². The molecular weight excluding hydrogens is 356 g/mol. The van der Waals surface area contributed by atoms with Gasteiger partial charge in [-0.05, 0) is 35.2 Å². The van der Waals surface area contributed by atoms with Gasteiger partial charge in [0.15, 0.2) is 0 Å². The normalized spacial score (nSPS) is 15.4. The monoisotopic (exact) mass is 376 g/mol. The highest BCUT2D eigenvalue weighted by atomic mass is 35.5. The minimum Gasteiger partial charge on any atom is -0.265 e. The number of halogens is 1. The summed E-state index contributed by atoms with van der Waals surface area (Å²) in [6.45, 7) is 7.08. The fraction of sp³-hybridized carbons (Fsp3) is 0.316. The van der Waals surface area contributed by atoms with Crippen LogP contribution in [0, 0.1) is 0 Å². The van der Waals surface area contributed by atoms with Crippen molar-refractivity contribution in [3.05, 3.63) is 64.7 Å². The maximum atomic E-state index is 13.1. The van der Waals surface area contributed by atoms with Gasteiger partial charge in [-0.25, -0.2) is 12.7 Å². The van der Waals surface area contributed by atoms with Gasteiger partial charge in [0.25, 0.3) is 10.0 Å². The first kappa shape index (κ1) is 18.0. The molecule has 0 N–H and O–H groups in total. The Kier molecular flexibility index (Phi) is 4.64. The van der Waals surface area contributed by atoms with Gasteiger partial charge in [0.05, 0.1) is 18.0 Å². The summed E-state index contributed by atoms with van der Waals surface area (Å²) in [6.07, 6.45) is 0. The quantitative estimate of drug-likeness (QED) is 0.810. The predicted molar refractivity (Wildman–Crippen MR) is 102 cm³/mol. The van der Waals surface area contributed by atoms with Crippen LogP contribution in [0.1, 0.15) is 31.9 Å². The fourth-order valence-electron chi connectivity index (χ4n) is 2.78. The van der Waals surface area contributed by atoms with Crippen molar-refractivity contribution in [3.63, 3.8) is 0 Å². The van der Waals surface area contributed by atoms with Crippen LogP contribution in [0.25, 0.3) is 0 Å². The molecular formula is C19H21ClN2O2S. The Morgan fingerprint density at radius 1 is 1.08 bits per heavy atom. The van der Waals surface area contributed by atoms with Crippen LogP contribution in [-0.2, 0) is 15.4 Å². The van der Waals surface area contributed by atoms with E-state index in [1.165, 1.54) is 4.31 Å². The average molecular weight is 377 g/mol. The minimum absolute atomic E-state index is 0.0245. The molecule has 2 aromatic carbocycles. The van der Waals surface area contributed by atoms with E-state index < -0.39 is 10.0 Å². The number of benzene rings is 2. The van der Waals surface area contributed by atoms with E-state index in [1.807, 2.05) is 18.2 Å². The van der Waals surface area contributed by atoms with Gasteiger partial charge in [0, 0.05) is 10.6 Å². The Hall–Kier alpha value is -1.85. The molecule has 1 aliphatic rings. The molecule has 0 amide bonds. The Labute approximate surface area is 154 Å². The molecule has 25 heavy (non-hydrogen) atoms. The lowest BCUT2D eigenvalue weighted by Gasteiger charge is -2.22. The summed E-state index contributed by atoms with van der Waals surface area (Å²) in [5.74, 6) is 0.447. The molecule has 0 fully saturated rings. The van der Waals surface area contributed by atoms with Crippen molar-refractivity contribution < 1.29 is 8.42 Å². The molecule has 0 spiro atoms. The minimum atomic E-state index is -3.65. The predicted octanol–water partition coefficient (Wildman–Crippen LogP) is 4.09. The Bertz CT molecular complexity index is 913. The third kappa shape index (κ3) is 3.58. The summed E-state index contributed by atoms with van der Waals surface area (Å²) in [4.78, 5) is 4.66. The summed E-state index contributed by atoms with van der Waals surface area (Å²) < 4.78 is 27.5. The molecule has 4 nitrogen and oxygen atoms in total. The summed E-state index contributed by atoms with van der Waals surface area (Å²) in [6, 6.07) is 14.2. The van der Waals surface area contributed by atoms with E-state index >= 15 is 0 Å². The molecule has 2 aromatic rings. The van der Waals surface area contributed by atoms with Gasteiger partial charge >= 0.3 is 0 Å². The fourth-order valence-corrected chi connectivity index (χ4v) is 4.42. The average Bonchev–Trinajstić information content (AvgIpc) is 3.04. The zero-order valence-electron chi connectivity index (χ0n) is 14.5. The van der Waals surface area contributed by atoms with Gasteiger partial charge in [-0.3, -0.25) is 4.99 Å². The molecule has 0 aliphatic carbocycles. The topological polar surface area (TPSA) is 49.7 Å². The largest absolute Gasteiger partial charge is 0.265 e. The summed E-state index contributed by atoms with van der Waals surface area (Å²) >= 11 is 6.04. The van der Waals surface area contributed by atoms with Gasteiger partial charge in [0.1, 0.15) is 5.84 Å². The number of amidine groups is 1. The summed E-state index contributed by atoms with van der Waals surface area (Å²) in [7, 11) is -3.65. The Morgan fingerprint density at radius 2 is 1.76 bits per heavy atom. The van der Waals surface area contributed by atoms with Crippen molar-refractivity contribution in [2.75, 3.05) is 13.1 Å². The zero-order valence-corrected chi connectivity index (χ0v) is 16.1. The maximum absolute atomic E-state index is 13.1.